The van der Waals surface area contributed by atoms with Crippen molar-refractivity contribution in [1.29, 1.82) is 0 Å². The molecule has 2 heterocycles. The number of allylic oxidation sites excluding steroid dienone is 1. The van der Waals surface area contributed by atoms with Crippen LogP contribution in [-0.4, -0.2) is 56.3 Å². The zero-order valence-electron chi connectivity index (χ0n) is 18.5. The normalized spacial score (nSPS) is 21.2. The first kappa shape index (κ1) is 24.6. The van der Waals surface area contributed by atoms with E-state index < -0.39 is 53.2 Å². The fraction of sp³-hybridized carbons (Fsp3) is 0.455. The Bertz CT molecular complexity index is 1110. The number of hydrogen-bond donors (Lipinski definition) is 1. The molecule has 1 aliphatic rings. The molecule has 0 aliphatic carbocycles. The van der Waals surface area contributed by atoms with Crippen LogP contribution in [0.2, 0.25) is 5.02 Å². The van der Waals surface area contributed by atoms with E-state index in [4.69, 9.17) is 21.1 Å². The van der Waals surface area contributed by atoms with Gasteiger partial charge >= 0.3 is 18.0 Å². The Morgan fingerprint density at radius 2 is 1.94 bits per heavy atom. The van der Waals surface area contributed by atoms with Crippen molar-refractivity contribution in [3.8, 4) is 5.88 Å². The second-order valence-electron chi connectivity index (χ2n) is 8.77. The molecule has 3 rings (SSSR count). The summed E-state index contributed by atoms with van der Waals surface area (Å²) in [4.78, 5) is 33.7. The third-order valence-electron chi connectivity index (χ3n) is 5.11. The Hall–Kier alpha value is -3.01. The van der Waals surface area contributed by atoms with Crippen LogP contribution >= 0.6 is 11.6 Å². The molecule has 1 N–H and O–H groups in total. The smallest absolute Gasteiger partial charge is 0.411 e. The number of carbonyl (C=O) groups is 2. The van der Waals surface area contributed by atoms with Crippen molar-refractivity contribution in [1.82, 2.24) is 14.9 Å². The molecule has 8 nitrogen and oxygen atoms in total. The molecule has 1 aliphatic heterocycles. The number of nitrogens with zero attached hydrogens (tertiary/aromatic N) is 3. The van der Waals surface area contributed by atoms with Crippen molar-refractivity contribution in [2.45, 2.75) is 51.4 Å². The Morgan fingerprint density at radius 3 is 2.52 bits per heavy atom. The molecular formula is C22H24ClF2N3O5. The summed E-state index contributed by atoms with van der Waals surface area (Å²) in [7, 11) is 0. The maximum Gasteiger partial charge on any atom is 0.411 e. The summed E-state index contributed by atoms with van der Waals surface area (Å²) in [5.74, 6) is -6.11. The molecular weight excluding hydrogens is 460 g/mol. The molecule has 1 aromatic heterocycles. The number of aromatic nitrogens is 2. The number of benzene rings is 1. The predicted molar refractivity (Wildman–Crippen MR) is 117 cm³/mol. The van der Waals surface area contributed by atoms with Gasteiger partial charge in [-0.25, -0.2) is 19.6 Å². The first-order chi connectivity index (χ1) is 15.2. The first-order valence-corrected chi connectivity index (χ1v) is 10.5. The van der Waals surface area contributed by atoms with Gasteiger partial charge in [0.2, 0.25) is 5.88 Å². The first-order valence-electron chi connectivity index (χ1n) is 10.1. The monoisotopic (exact) mass is 483 g/mol. The lowest BCUT2D eigenvalue weighted by Gasteiger charge is -2.27. The van der Waals surface area contributed by atoms with Crippen LogP contribution in [0.4, 0.5) is 13.6 Å². The minimum absolute atomic E-state index is 0.168. The van der Waals surface area contributed by atoms with Gasteiger partial charge in [-0.05, 0) is 45.0 Å². The molecule has 11 heteroatoms. The average Bonchev–Trinajstić information content (AvgIpc) is 3.02. The molecule has 1 aromatic carbocycles. The summed E-state index contributed by atoms with van der Waals surface area (Å²) in [6, 6.07) is 3.10. The third-order valence-corrected chi connectivity index (χ3v) is 5.34. The van der Waals surface area contributed by atoms with Gasteiger partial charge in [-0.3, -0.25) is 4.90 Å². The number of carbonyl (C=O) groups excluding carboxylic acids is 1. The van der Waals surface area contributed by atoms with E-state index in [2.05, 4.69) is 16.5 Å². The molecule has 0 radical (unpaired) electrons. The van der Waals surface area contributed by atoms with Gasteiger partial charge in [0, 0.05) is 10.9 Å². The van der Waals surface area contributed by atoms with Gasteiger partial charge in [-0.15, -0.1) is 0 Å². The highest BCUT2D eigenvalue weighted by Crippen LogP contribution is 2.37. The molecule has 0 spiro atoms. The van der Waals surface area contributed by atoms with E-state index in [1.54, 1.807) is 27.7 Å². The molecule has 3 atom stereocenters. The lowest BCUT2D eigenvalue weighted by atomic mass is 10.0. The van der Waals surface area contributed by atoms with E-state index >= 15 is 0 Å². The number of carboxylic acids is 1. The molecule has 178 valence electrons. The third kappa shape index (κ3) is 5.16. The van der Waals surface area contributed by atoms with Crippen LogP contribution in [0.1, 0.15) is 33.4 Å². The predicted octanol–water partition coefficient (Wildman–Crippen LogP) is 4.65. The fourth-order valence-electron chi connectivity index (χ4n) is 3.52. The lowest BCUT2D eigenvalue weighted by molar-refractivity contribution is -0.143. The average molecular weight is 484 g/mol. The van der Waals surface area contributed by atoms with Crippen LogP contribution in [-0.2, 0) is 15.5 Å². The van der Waals surface area contributed by atoms with Crippen LogP contribution in [0.15, 0.2) is 30.9 Å². The number of halogens is 3. The molecule has 2 aromatic rings. The largest absolute Gasteiger partial charge is 0.480 e. The Morgan fingerprint density at radius 1 is 1.27 bits per heavy atom. The minimum Gasteiger partial charge on any atom is -0.480 e. The number of amides is 1. The van der Waals surface area contributed by atoms with Crippen molar-refractivity contribution >= 4 is 34.7 Å². The van der Waals surface area contributed by atoms with Crippen molar-refractivity contribution in [3.63, 3.8) is 0 Å². The highest BCUT2D eigenvalue weighted by molar-refractivity contribution is 6.31. The number of hydrogen-bond acceptors (Lipinski definition) is 6. The summed E-state index contributed by atoms with van der Waals surface area (Å²) in [5, 5.41) is 10.0. The van der Waals surface area contributed by atoms with Crippen LogP contribution in [0.5, 0.6) is 5.88 Å². The maximum absolute atomic E-state index is 14.6. The number of fused-ring (bicyclic) bond motifs is 1. The van der Waals surface area contributed by atoms with Crippen molar-refractivity contribution in [2.75, 3.05) is 6.54 Å². The lowest BCUT2D eigenvalue weighted by Crippen LogP contribution is -2.45. The van der Waals surface area contributed by atoms with Crippen molar-refractivity contribution < 1.29 is 33.0 Å². The van der Waals surface area contributed by atoms with Gasteiger partial charge in [0.25, 0.3) is 0 Å². The summed E-state index contributed by atoms with van der Waals surface area (Å²) >= 11 is 5.99. The maximum atomic E-state index is 14.6. The van der Waals surface area contributed by atoms with Crippen LogP contribution in [0.25, 0.3) is 11.0 Å². The molecule has 1 amide bonds. The van der Waals surface area contributed by atoms with E-state index in [1.807, 2.05) is 0 Å². The number of rotatable bonds is 5. The van der Waals surface area contributed by atoms with E-state index in [0.29, 0.717) is 11.1 Å². The zero-order valence-corrected chi connectivity index (χ0v) is 19.3. The standard InChI is InChI=1S/C22H24ClF2N3O5/c1-6-22(24,25)17-18(27-14-9-12(23)7-8-13(14)26-17)32-15-10-28(16(11(15)2)19(29)30)20(31)33-21(3,4)5/h6-9,11,15-16H,1,10H2,2-5H3,(H,29,30)/t11-,15+,16+/m1/s1. The highest BCUT2D eigenvalue weighted by Gasteiger charge is 2.49. The Labute approximate surface area is 194 Å². The fourth-order valence-corrected chi connectivity index (χ4v) is 3.69. The van der Waals surface area contributed by atoms with Gasteiger partial charge < -0.3 is 14.6 Å². The molecule has 33 heavy (non-hydrogen) atoms. The zero-order chi connectivity index (χ0) is 24.7. The van der Waals surface area contributed by atoms with Crippen molar-refractivity contribution in [2.24, 2.45) is 5.92 Å². The Balaban J connectivity index is 2.01. The second kappa shape index (κ2) is 8.74. The van der Waals surface area contributed by atoms with Gasteiger partial charge in [-0.2, -0.15) is 8.78 Å². The van der Waals surface area contributed by atoms with Gasteiger partial charge in [0.1, 0.15) is 17.7 Å². The second-order valence-corrected chi connectivity index (χ2v) is 9.21. The molecule has 1 saturated heterocycles. The van der Waals surface area contributed by atoms with E-state index in [1.165, 1.54) is 18.2 Å². The number of carboxylic acid groups (broad SMARTS) is 1. The highest BCUT2D eigenvalue weighted by atomic mass is 35.5. The van der Waals surface area contributed by atoms with Crippen molar-refractivity contribution in [3.05, 3.63) is 41.6 Å². The summed E-state index contributed by atoms with van der Waals surface area (Å²) in [6.07, 6.45) is -1.40. The van der Waals surface area contributed by atoms with Crippen LogP contribution in [0.3, 0.4) is 0 Å². The number of aliphatic carboxylic acids is 1. The molecule has 0 unspecified atom stereocenters. The van der Waals surface area contributed by atoms with Gasteiger partial charge in [0.05, 0.1) is 17.6 Å². The number of likely N-dealkylation sites (tertiary alicyclic amines) is 1. The summed E-state index contributed by atoms with van der Waals surface area (Å²) in [6.45, 7) is 9.43. The van der Waals surface area contributed by atoms with E-state index in [0.717, 1.165) is 4.90 Å². The van der Waals surface area contributed by atoms with Gasteiger partial charge in [0.15, 0.2) is 5.69 Å². The quantitative estimate of drug-likeness (QED) is 0.617. The van der Waals surface area contributed by atoms with Crippen LogP contribution < -0.4 is 4.74 Å². The minimum atomic E-state index is -3.57. The van der Waals surface area contributed by atoms with E-state index in [-0.39, 0.29) is 17.6 Å². The topological polar surface area (TPSA) is 102 Å². The molecule has 0 bridgehead atoms. The molecule has 1 fully saturated rings. The Kier molecular flexibility index (Phi) is 6.52. The van der Waals surface area contributed by atoms with Crippen LogP contribution in [0, 0.1) is 5.92 Å². The number of ether oxygens (including phenoxy) is 2. The summed E-state index contributed by atoms with van der Waals surface area (Å²) in [5.41, 5.74) is -1.25. The summed E-state index contributed by atoms with van der Waals surface area (Å²) < 4.78 is 40.3. The van der Waals surface area contributed by atoms with E-state index in [9.17, 15) is 23.5 Å². The SMILES string of the molecule is C=CC(F)(F)c1nc2ccc(Cl)cc2nc1O[C@H]1CN(C(=O)OC(C)(C)C)[C@H](C(=O)O)[C@@H]1C. The van der Waals surface area contributed by atoms with Gasteiger partial charge in [-0.1, -0.05) is 25.1 Å². The molecule has 0 saturated carbocycles. The number of alkyl halides is 2.